The van der Waals surface area contributed by atoms with Gasteiger partial charge < -0.3 is 10.1 Å². The number of benzene rings is 1. The van der Waals surface area contributed by atoms with E-state index in [1.54, 1.807) is 24.3 Å². The highest BCUT2D eigenvalue weighted by molar-refractivity contribution is 6.68. The number of alkyl halides is 3. The maximum Gasteiger partial charge on any atom is 0.252 e. The molecule has 0 saturated carbocycles. The summed E-state index contributed by atoms with van der Waals surface area (Å²) < 4.78 is 4.01. The second-order valence-corrected chi connectivity index (χ2v) is 8.44. The van der Waals surface area contributed by atoms with E-state index in [1.807, 2.05) is 18.7 Å². The van der Waals surface area contributed by atoms with Gasteiger partial charge in [0, 0.05) is 23.7 Å². The lowest BCUT2D eigenvalue weighted by molar-refractivity contribution is -0.0826. The van der Waals surface area contributed by atoms with Crippen LogP contribution < -0.4 is 5.32 Å². The molecule has 3 atom stereocenters. The van der Waals surface area contributed by atoms with Gasteiger partial charge in [0.2, 0.25) is 3.79 Å². The molecule has 0 aliphatic carbocycles. The number of hydrogen-bond acceptors (Lipinski definition) is 3. The molecule has 2 rings (SSSR count). The van der Waals surface area contributed by atoms with Crippen LogP contribution in [0.4, 0.5) is 0 Å². The SMILES string of the molecule is C[C@@H]1CN([C@@H](NC(=O)c2cccc(Cl)c2)C(Cl)(Cl)Cl)C[C@@H](C)O1. The maximum atomic E-state index is 12.5. The fourth-order valence-corrected chi connectivity index (χ4v) is 3.41. The molecule has 1 N–H and O–H groups in total. The molecule has 1 heterocycles. The first-order valence-corrected chi connectivity index (χ1v) is 8.70. The Hall–Kier alpha value is -0.230. The number of hydrogen-bond donors (Lipinski definition) is 1. The van der Waals surface area contributed by atoms with E-state index in [1.165, 1.54) is 0 Å². The van der Waals surface area contributed by atoms with Crippen LogP contribution in [0.15, 0.2) is 24.3 Å². The van der Waals surface area contributed by atoms with Crippen molar-refractivity contribution < 1.29 is 9.53 Å². The monoisotopic (exact) mass is 398 g/mol. The van der Waals surface area contributed by atoms with Crippen LogP contribution in [-0.4, -0.2) is 46.1 Å². The fourth-order valence-electron chi connectivity index (χ4n) is 2.65. The van der Waals surface area contributed by atoms with Crippen molar-refractivity contribution in [2.24, 2.45) is 0 Å². The molecule has 1 amide bonds. The van der Waals surface area contributed by atoms with E-state index in [0.717, 1.165) is 0 Å². The lowest BCUT2D eigenvalue weighted by Gasteiger charge is -2.42. The van der Waals surface area contributed by atoms with Crippen molar-refractivity contribution >= 4 is 52.3 Å². The average Bonchev–Trinajstić information content (AvgIpc) is 2.42. The third kappa shape index (κ3) is 5.38. The van der Waals surface area contributed by atoms with Gasteiger partial charge >= 0.3 is 0 Å². The van der Waals surface area contributed by atoms with Gasteiger partial charge in [-0.05, 0) is 32.0 Å². The van der Waals surface area contributed by atoms with E-state index in [9.17, 15) is 4.79 Å². The van der Waals surface area contributed by atoms with Gasteiger partial charge in [-0.25, -0.2) is 0 Å². The summed E-state index contributed by atoms with van der Waals surface area (Å²) in [4.78, 5) is 14.4. The molecule has 1 fully saturated rings. The Morgan fingerprint density at radius 1 is 1.30 bits per heavy atom. The molecule has 0 bridgehead atoms. The Morgan fingerprint density at radius 3 is 2.43 bits per heavy atom. The van der Waals surface area contributed by atoms with Crippen LogP contribution in [0, 0.1) is 0 Å². The lowest BCUT2D eigenvalue weighted by atomic mass is 10.2. The molecule has 0 radical (unpaired) electrons. The second-order valence-electron chi connectivity index (χ2n) is 5.64. The number of morpholine rings is 1. The highest BCUT2D eigenvalue weighted by Crippen LogP contribution is 2.33. The van der Waals surface area contributed by atoms with E-state index in [4.69, 9.17) is 51.1 Å². The van der Waals surface area contributed by atoms with Crippen molar-refractivity contribution in [3.63, 3.8) is 0 Å². The van der Waals surface area contributed by atoms with E-state index in [-0.39, 0.29) is 18.1 Å². The van der Waals surface area contributed by atoms with Crippen molar-refractivity contribution in [2.45, 2.75) is 36.0 Å². The Bertz CT molecular complexity index is 555. The smallest absolute Gasteiger partial charge is 0.252 e. The van der Waals surface area contributed by atoms with Gasteiger partial charge in [-0.2, -0.15) is 0 Å². The zero-order valence-corrected chi connectivity index (χ0v) is 15.8. The van der Waals surface area contributed by atoms with Crippen molar-refractivity contribution in [1.82, 2.24) is 10.2 Å². The average molecular weight is 400 g/mol. The van der Waals surface area contributed by atoms with Gasteiger partial charge in [-0.15, -0.1) is 0 Å². The maximum absolute atomic E-state index is 12.5. The molecular formula is C15H18Cl4N2O2. The zero-order valence-electron chi connectivity index (χ0n) is 12.7. The minimum Gasteiger partial charge on any atom is -0.373 e. The molecule has 1 aliphatic heterocycles. The molecule has 1 saturated heterocycles. The lowest BCUT2D eigenvalue weighted by Crippen LogP contribution is -2.60. The van der Waals surface area contributed by atoms with Crippen LogP contribution in [0.1, 0.15) is 24.2 Å². The predicted molar refractivity (Wildman–Crippen MR) is 94.6 cm³/mol. The second kappa shape index (κ2) is 7.77. The summed E-state index contributed by atoms with van der Waals surface area (Å²) >= 11 is 24.2. The van der Waals surface area contributed by atoms with Crippen molar-refractivity contribution in [1.29, 1.82) is 0 Å². The van der Waals surface area contributed by atoms with Crippen molar-refractivity contribution in [3.8, 4) is 0 Å². The van der Waals surface area contributed by atoms with E-state index >= 15 is 0 Å². The molecule has 23 heavy (non-hydrogen) atoms. The third-order valence-corrected chi connectivity index (χ3v) is 4.33. The Labute approximate surface area is 156 Å². The third-order valence-electron chi connectivity index (χ3n) is 3.48. The molecule has 1 aromatic rings. The number of ether oxygens (including phenoxy) is 1. The van der Waals surface area contributed by atoms with Gasteiger partial charge in [-0.3, -0.25) is 9.69 Å². The van der Waals surface area contributed by atoms with Crippen LogP contribution in [0.25, 0.3) is 0 Å². The van der Waals surface area contributed by atoms with Gasteiger partial charge in [0.15, 0.2) is 0 Å². The molecule has 0 spiro atoms. The van der Waals surface area contributed by atoms with E-state index in [0.29, 0.717) is 23.7 Å². The van der Waals surface area contributed by atoms with E-state index in [2.05, 4.69) is 5.32 Å². The quantitative estimate of drug-likeness (QED) is 0.784. The number of nitrogens with zero attached hydrogens (tertiary/aromatic N) is 1. The van der Waals surface area contributed by atoms with Gasteiger partial charge in [0.1, 0.15) is 6.17 Å². The van der Waals surface area contributed by atoms with Crippen molar-refractivity contribution in [3.05, 3.63) is 34.9 Å². The Kier molecular flexibility index (Phi) is 6.45. The molecule has 8 heteroatoms. The van der Waals surface area contributed by atoms with Crippen LogP contribution in [0.3, 0.4) is 0 Å². The normalized spacial score (nSPS) is 24.3. The summed E-state index contributed by atoms with van der Waals surface area (Å²) in [5.74, 6) is -0.351. The van der Waals surface area contributed by atoms with Crippen LogP contribution in [0.2, 0.25) is 5.02 Å². The molecule has 1 aromatic carbocycles. The van der Waals surface area contributed by atoms with Crippen LogP contribution in [0.5, 0.6) is 0 Å². The summed E-state index contributed by atoms with van der Waals surface area (Å²) in [6, 6.07) is 6.61. The minimum absolute atomic E-state index is 0.0170. The molecule has 4 nitrogen and oxygen atoms in total. The molecule has 0 unspecified atom stereocenters. The minimum atomic E-state index is -1.68. The van der Waals surface area contributed by atoms with Crippen LogP contribution >= 0.6 is 46.4 Å². The van der Waals surface area contributed by atoms with Crippen molar-refractivity contribution in [2.75, 3.05) is 13.1 Å². The highest BCUT2D eigenvalue weighted by atomic mass is 35.6. The zero-order chi connectivity index (χ0) is 17.2. The largest absolute Gasteiger partial charge is 0.373 e. The standard InChI is InChI=1S/C15H18Cl4N2O2/c1-9-7-21(8-10(2)23-9)14(15(17,18)19)20-13(22)11-4-3-5-12(16)6-11/h3-6,9-10,14H,7-8H2,1-2H3,(H,20,22)/t9-,10-,14-/m1/s1. The fraction of sp³-hybridized carbons (Fsp3) is 0.533. The Balaban J connectivity index is 2.17. The number of amides is 1. The molecule has 1 aliphatic rings. The summed E-state index contributed by atoms with van der Waals surface area (Å²) in [7, 11) is 0. The van der Waals surface area contributed by atoms with Gasteiger partial charge in [0.25, 0.3) is 5.91 Å². The summed E-state index contributed by atoms with van der Waals surface area (Å²) in [5, 5.41) is 3.26. The first-order valence-electron chi connectivity index (χ1n) is 7.19. The number of carbonyl (C=O) groups is 1. The first-order chi connectivity index (χ1) is 10.7. The van der Waals surface area contributed by atoms with Gasteiger partial charge in [0.05, 0.1) is 12.2 Å². The first kappa shape index (κ1) is 19.1. The number of carbonyl (C=O) groups excluding carboxylic acids is 1. The summed E-state index contributed by atoms with van der Waals surface area (Å²) in [6.45, 7) is 4.99. The number of halogens is 4. The van der Waals surface area contributed by atoms with Gasteiger partial charge in [-0.1, -0.05) is 52.5 Å². The van der Waals surface area contributed by atoms with Crippen LogP contribution in [-0.2, 0) is 4.74 Å². The molecular weight excluding hydrogens is 382 g/mol. The Morgan fingerprint density at radius 2 is 1.91 bits per heavy atom. The predicted octanol–water partition coefficient (Wildman–Crippen LogP) is 3.88. The molecule has 0 aromatic heterocycles. The summed E-state index contributed by atoms with van der Waals surface area (Å²) in [6.07, 6.45) is -0.805. The highest BCUT2D eigenvalue weighted by Gasteiger charge is 2.41. The number of nitrogens with one attached hydrogen (secondary N) is 1. The number of rotatable bonds is 3. The molecule has 128 valence electrons. The topological polar surface area (TPSA) is 41.6 Å². The van der Waals surface area contributed by atoms with E-state index < -0.39 is 9.96 Å². The summed E-state index contributed by atoms with van der Waals surface area (Å²) in [5.41, 5.74) is 0.408.